The Morgan fingerprint density at radius 1 is 1.17 bits per heavy atom. The van der Waals surface area contributed by atoms with Crippen LogP contribution in [0.2, 0.25) is 0 Å². The number of furan rings is 1. The van der Waals surface area contributed by atoms with Gasteiger partial charge in [-0.25, -0.2) is 0 Å². The number of nitrogens with zero attached hydrogens (tertiary/aromatic N) is 1. The average molecular weight is 392 g/mol. The second kappa shape index (κ2) is 6.76. The number of amides is 2. The Morgan fingerprint density at radius 2 is 1.91 bits per heavy atom. The molecule has 1 saturated heterocycles. The van der Waals surface area contributed by atoms with Crippen LogP contribution in [0.4, 0.5) is 4.79 Å². The number of halogens is 1. The molecule has 23 heavy (non-hydrogen) atoms. The van der Waals surface area contributed by atoms with E-state index in [2.05, 4.69) is 15.9 Å². The number of hydrogen-bond acceptors (Lipinski definition) is 4. The zero-order valence-electron chi connectivity index (χ0n) is 12.4. The zero-order valence-corrected chi connectivity index (χ0v) is 14.8. The summed E-state index contributed by atoms with van der Waals surface area (Å²) in [6.07, 6.45) is 2.38. The smallest absolute Gasteiger partial charge is 0.293 e. The monoisotopic (exact) mass is 391 g/mol. The van der Waals surface area contributed by atoms with Crippen LogP contribution in [0.3, 0.4) is 0 Å². The van der Waals surface area contributed by atoms with E-state index < -0.39 is 0 Å². The Morgan fingerprint density at radius 3 is 2.61 bits per heavy atom. The summed E-state index contributed by atoms with van der Waals surface area (Å²) in [6.45, 7) is 2.38. The van der Waals surface area contributed by atoms with E-state index in [1.165, 1.54) is 4.90 Å². The second-order valence-electron chi connectivity index (χ2n) is 5.04. The molecule has 2 amide bonds. The number of thioether (sulfide) groups is 1. The van der Waals surface area contributed by atoms with E-state index in [0.29, 0.717) is 17.2 Å². The molecule has 1 aliphatic heterocycles. The maximum atomic E-state index is 12.2. The SMILES string of the molecule is CCCN1C(=O)S/C(=C\c2ccc(-c3ccc(Br)cc3)o2)C1=O. The van der Waals surface area contributed by atoms with Gasteiger partial charge in [-0.15, -0.1) is 0 Å². The van der Waals surface area contributed by atoms with Gasteiger partial charge >= 0.3 is 0 Å². The van der Waals surface area contributed by atoms with Crippen LogP contribution in [-0.4, -0.2) is 22.6 Å². The summed E-state index contributed by atoms with van der Waals surface area (Å²) in [5.41, 5.74) is 0.951. The first kappa shape index (κ1) is 16.1. The molecule has 1 fully saturated rings. The highest BCUT2D eigenvalue weighted by Crippen LogP contribution is 2.33. The first-order chi connectivity index (χ1) is 11.1. The van der Waals surface area contributed by atoms with Crippen LogP contribution in [-0.2, 0) is 4.79 Å². The van der Waals surface area contributed by atoms with Gasteiger partial charge in [-0.2, -0.15) is 0 Å². The molecule has 2 aromatic rings. The minimum Gasteiger partial charge on any atom is -0.457 e. The number of hydrogen-bond donors (Lipinski definition) is 0. The quantitative estimate of drug-likeness (QED) is 0.675. The Hall–Kier alpha value is -1.79. The third-order valence-corrected chi connectivity index (χ3v) is 4.79. The molecule has 4 nitrogen and oxygen atoms in total. The molecular formula is C17H14BrNO3S. The van der Waals surface area contributed by atoms with Crippen molar-refractivity contribution < 1.29 is 14.0 Å². The molecular weight excluding hydrogens is 378 g/mol. The van der Waals surface area contributed by atoms with Crippen molar-refractivity contribution in [2.75, 3.05) is 6.54 Å². The lowest BCUT2D eigenvalue weighted by atomic mass is 10.2. The molecule has 0 radical (unpaired) electrons. The van der Waals surface area contributed by atoms with E-state index in [4.69, 9.17) is 4.42 Å². The molecule has 118 valence electrons. The molecule has 0 saturated carbocycles. The van der Waals surface area contributed by atoms with Crippen molar-refractivity contribution in [3.8, 4) is 11.3 Å². The number of imide groups is 1. The third kappa shape index (κ3) is 3.43. The molecule has 1 aromatic heterocycles. The molecule has 0 N–H and O–H groups in total. The van der Waals surface area contributed by atoms with Crippen LogP contribution in [0.25, 0.3) is 17.4 Å². The third-order valence-electron chi connectivity index (χ3n) is 3.35. The van der Waals surface area contributed by atoms with Crippen molar-refractivity contribution >= 4 is 44.9 Å². The second-order valence-corrected chi connectivity index (χ2v) is 6.95. The fourth-order valence-electron chi connectivity index (χ4n) is 2.25. The van der Waals surface area contributed by atoms with Crippen LogP contribution < -0.4 is 0 Å². The summed E-state index contributed by atoms with van der Waals surface area (Å²) >= 11 is 4.35. The van der Waals surface area contributed by atoms with Crippen molar-refractivity contribution in [3.63, 3.8) is 0 Å². The molecule has 3 rings (SSSR count). The van der Waals surface area contributed by atoms with E-state index in [1.807, 2.05) is 37.3 Å². The summed E-state index contributed by atoms with van der Waals surface area (Å²) in [5.74, 6) is 1.03. The molecule has 0 bridgehead atoms. The van der Waals surface area contributed by atoms with Gasteiger partial charge in [0.2, 0.25) is 0 Å². The first-order valence-electron chi connectivity index (χ1n) is 7.19. The first-order valence-corrected chi connectivity index (χ1v) is 8.80. The van der Waals surface area contributed by atoms with Crippen LogP contribution in [0, 0.1) is 0 Å². The van der Waals surface area contributed by atoms with Crippen LogP contribution in [0.1, 0.15) is 19.1 Å². The number of rotatable bonds is 4. The molecule has 2 heterocycles. The average Bonchev–Trinajstić information content (AvgIpc) is 3.09. The van der Waals surface area contributed by atoms with Crippen LogP contribution >= 0.6 is 27.7 Å². The fraction of sp³-hybridized carbons (Fsp3) is 0.176. The van der Waals surface area contributed by atoms with Gasteiger partial charge in [0.05, 0.1) is 4.91 Å². The maximum absolute atomic E-state index is 12.2. The minimum atomic E-state index is -0.247. The summed E-state index contributed by atoms with van der Waals surface area (Å²) < 4.78 is 6.76. The predicted octanol–water partition coefficient (Wildman–Crippen LogP) is 5.16. The van der Waals surface area contributed by atoms with Gasteiger partial charge in [0, 0.05) is 22.7 Å². The van der Waals surface area contributed by atoms with Gasteiger partial charge in [0.15, 0.2) is 0 Å². The van der Waals surface area contributed by atoms with Crippen molar-refractivity contribution in [2.45, 2.75) is 13.3 Å². The standard InChI is InChI=1S/C17H14BrNO3S/c1-2-9-19-16(20)15(23-17(19)21)10-13-7-8-14(22-13)11-3-5-12(18)6-4-11/h3-8,10H,2,9H2,1H3/b15-10-. The number of carbonyl (C=O) groups excluding carboxylic acids is 2. The van der Waals surface area contributed by atoms with E-state index in [-0.39, 0.29) is 11.1 Å². The van der Waals surface area contributed by atoms with E-state index >= 15 is 0 Å². The van der Waals surface area contributed by atoms with Gasteiger partial charge in [-0.3, -0.25) is 14.5 Å². The zero-order chi connectivity index (χ0) is 16.4. The summed E-state index contributed by atoms with van der Waals surface area (Å²) in [7, 11) is 0. The fourth-order valence-corrected chi connectivity index (χ4v) is 3.35. The van der Waals surface area contributed by atoms with Gasteiger partial charge < -0.3 is 4.42 Å². The van der Waals surface area contributed by atoms with Crippen LogP contribution in [0.15, 0.2) is 50.2 Å². The van der Waals surface area contributed by atoms with Gasteiger partial charge in [0.1, 0.15) is 11.5 Å². The highest BCUT2D eigenvalue weighted by molar-refractivity contribution is 9.10. The number of carbonyl (C=O) groups is 2. The van der Waals surface area contributed by atoms with Crippen molar-refractivity contribution in [2.24, 2.45) is 0 Å². The Bertz CT molecular complexity index is 779. The topological polar surface area (TPSA) is 50.5 Å². The Balaban J connectivity index is 1.82. The molecule has 0 aliphatic carbocycles. The highest BCUT2D eigenvalue weighted by Gasteiger charge is 2.34. The lowest BCUT2D eigenvalue weighted by Crippen LogP contribution is -2.28. The van der Waals surface area contributed by atoms with Crippen molar-refractivity contribution in [1.82, 2.24) is 4.90 Å². The van der Waals surface area contributed by atoms with E-state index in [1.54, 1.807) is 12.1 Å². The Kier molecular flexibility index (Phi) is 4.73. The van der Waals surface area contributed by atoms with Gasteiger partial charge in [-0.1, -0.05) is 35.0 Å². The highest BCUT2D eigenvalue weighted by atomic mass is 79.9. The van der Waals surface area contributed by atoms with Gasteiger partial charge in [0.25, 0.3) is 11.1 Å². The molecule has 0 spiro atoms. The van der Waals surface area contributed by atoms with Crippen LogP contribution in [0.5, 0.6) is 0 Å². The normalized spacial score (nSPS) is 16.6. The lowest BCUT2D eigenvalue weighted by Gasteiger charge is -2.09. The molecule has 1 aliphatic rings. The van der Waals surface area contributed by atoms with E-state index in [9.17, 15) is 9.59 Å². The summed E-state index contributed by atoms with van der Waals surface area (Å²) in [6, 6.07) is 11.4. The molecule has 6 heteroatoms. The summed E-state index contributed by atoms with van der Waals surface area (Å²) in [4.78, 5) is 25.7. The Labute approximate surface area is 146 Å². The largest absolute Gasteiger partial charge is 0.457 e. The molecule has 0 atom stereocenters. The predicted molar refractivity (Wildman–Crippen MR) is 94.8 cm³/mol. The molecule has 0 unspecified atom stereocenters. The van der Waals surface area contributed by atoms with Gasteiger partial charge in [-0.05, 0) is 42.4 Å². The maximum Gasteiger partial charge on any atom is 0.293 e. The van der Waals surface area contributed by atoms with Crippen molar-refractivity contribution in [3.05, 3.63) is 51.5 Å². The van der Waals surface area contributed by atoms with E-state index in [0.717, 1.165) is 34.0 Å². The summed E-state index contributed by atoms with van der Waals surface area (Å²) in [5, 5.41) is -0.220. The lowest BCUT2D eigenvalue weighted by molar-refractivity contribution is -0.122. The minimum absolute atomic E-state index is 0.220. The van der Waals surface area contributed by atoms with Crippen molar-refractivity contribution in [1.29, 1.82) is 0 Å². The number of benzene rings is 1. The molecule has 1 aromatic carbocycles.